The first-order chi connectivity index (χ1) is 9.20. The quantitative estimate of drug-likeness (QED) is 0.405. The van der Waals surface area contributed by atoms with E-state index in [2.05, 4.69) is 15.8 Å². The number of benzene rings is 1. The number of nitrogens with zero attached hydrogens (tertiary/aromatic N) is 1. The van der Waals surface area contributed by atoms with Gasteiger partial charge in [-0.2, -0.15) is 0 Å². The molecule has 0 saturated heterocycles. The Morgan fingerprint density at radius 1 is 1.47 bits per heavy atom. The highest BCUT2D eigenvalue weighted by molar-refractivity contribution is 7.79. The molecule has 2 unspecified atom stereocenters. The summed E-state index contributed by atoms with van der Waals surface area (Å²) in [6.07, 6.45) is 1.18. The molecule has 1 heterocycles. The fourth-order valence-electron chi connectivity index (χ4n) is 1.68. The SMILES string of the molecule is CCC(NNCCc1nc2ccccc2o1)S(=O)O. The second-order valence-electron chi connectivity index (χ2n) is 4.07. The molecule has 0 radical (unpaired) electrons. The van der Waals surface area contributed by atoms with E-state index in [4.69, 9.17) is 8.97 Å². The minimum Gasteiger partial charge on any atom is -0.441 e. The number of fused-ring (bicyclic) bond motifs is 1. The van der Waals surface area contributed by atoms with Crippen LogP contribution in [0, 0.1) is 0 Å². The molecule has 6 nitrogen and oxygen atoms in total. The van der Waals surface area contributed by atoms with E-state index in [9.17, 15) is 4.21 Å². The molecule has 1 aromatic heterocycles. The van der Waals surface area contributed by atoms with E-state index in [0.29, 0.717) is 25.3 Å². The maximum atomic E-state index is 10.9. The molecule has 0 aliphatic heterocycles. The highest BCUT2D eigenvalue weighted by Crippen LogP contribution is 2.14. The maximum Gasteiger partial charge on any atom is 0.196 e. The van der Waals surface area contributed by atoms with Crippen molar-refractivity contribution in [1.29, 1.82) is 0 Å². The van der Waals surface area contributed by atoms with Crippen LogP contribution in [-0.2, 0) is 17.5 Å². The zero-order valence-electron chi connectivity index (χ0n) is 10.6. The Morgan fingerprint density at radius 2 is 2.26 bits per heavy atom. The van der Waals surface area contributed by atoms with E-state index in [1.165, 1.54) is 0 Å². The summed E-state index contributed by atoms with van der Waals surface area (Å²) in [5, 5.41) is -0.469. The standard InChI is InChI=1S/C12H17N3O3S/c1-2-12(19(16)17)15-13-8-7-11-14-9-5-3-4-6-10(9)18-11/h3-6,12-13,15H,2,7-8H2,1H3,(H,16,17). The van der Waals surface area contributed by atoms with Crippen LogP contribution in [0.1, 0.15) is 19.2 Å². The van der Waals surface area contributed by atoms with Gasteiger partial charge >= 0.3 is 0 Å². The van der Waals surface area contributed by atoms with E-state index >= 15 is 0 Å². The summed E-state index contributed by atoms with van der Waals surface area (Å²) in [6, 6.07) is 7.59. The predicted molar refractivity (Wildman–Crippen MR) is 73.7 cm³/mol. The van der Waals surface area contributed by atoms with Gasteiger partial charge in [0.25, 0.3) is 0 Å². The van der Waals surface area contributed by atoms with Crippen LogP contribution < -0.4 is 10.9 Å². The molecular formula is C12H17N3O3S. The van der Waals surface area contributed by atoms with E-state index in [1.807, 2.05) is 31.2 Å². The molecule has 2 rings (SSSR count). The van der Waals surface area contributed by atoms with Crippen LogP contribution in [0.5, 0.6) is 0 Å². The van der Waals surface area contributed by atoms with Gasteiger partial charge in [0.2, 0.25) is 0 Å². The third-order valence-electron chi connectivity index (χ3n) is 2.68. The summed E-state index contributed by atoms with van der Waals surface area (Å²) in [5.74, 6) is 0.647. The molecule has 0 aliphatic rings. The molecule has 2 atom stereocenters. The first kappa shape index (κ1) is 14.1. The second-order valence-corrected chi connectivity index (χ2v) is 5.19. The summed E-state index contributed by atoms with van der Waals surface area (Å²) >= 11 is -1.88. The van der Waals surface area contributed by atoms with Crippen LogP contribution >= 0.6 is 0 Å². The number of rotatable bonds is 7. The molecule has 2 aromatic rings. The van der Waals surface area contributed by atoms with Crippen LogP contribution in [0.2, 0.25) is 0 Å². The van der Waals surface area contributed by atoms with Crippen LogP contribution in [-0.4, -0.2) is 25.7 Å². The Hall–Kier alpha value is -1.28. The third-order valence-corrected chi connectivity index (χ3v) is 3.62. The summed E-state index contributed by atoms with van der Waals surface area (Å²) in [4.78, 5) is 4.34. The Morgan fingerprint density at radius 3 is 2.95 bits per heavy atom. The number of hydrogen-bond donors (Lipinski definition) is 3. The van der Waals surface area contributed by atoms with Crippen molar-refractivity contribution in [3.63, 3.8) is 0 Å². The fourth-order valence-corrected chi connectivity index (χ4v) is 2.15. The van der Waals surface area contributed by atoms with Gasteiger partial charge in [-0.05, 0) is 18.6 Å². The van der Waals surface area contributed by atoms with Crippen molar-refractivity contribution in [3.05, 3.63) is 30.2 Å². The molecule has 0 fully saturated rings. The van der Waals surface area contributed by atoms with Crippen molar-refractivity contribution in [2.24, 2.45) is 0 Å². The number of aromatic nitrogens is 1. The minimum absolute atomic E-state index is 0.469. The van der Waals surface area contributed by atoms with Crippen LogP contribution in [0.15, 0.2) is 28.7 Å². The Balaban J connectivity index is 1.81. The molecule has 1 aromatic carbocycles. The maximum absolute atomic E-state index is 10.9. The van der Waals surface area contributed by atoms with E-state index < -0.39 is 16.5 Å². The van der Waals surface area contributed by atoms with Gasteiger partial charge < -0.3 is 8.97 Å². The number of para-hydroxylation sites is 2. The number of oxazole rings is 1. The average molecular weight is 283 g/mol. The van der Waals surface area contributed by atoms with Gasteiger partial charge in [-0.3, -0.25) is 5.43 Å². The highest BCUT2D eigenvalue weighted by atomic mass is 32.2. The van der Waals surface area contributed by atoms with E-state index in [1.54, 1.807) is 0 Å². The lowest BCUT2D eigenvalue weighted by atomic mass is 10.3. The van der Waals surface area contributed by atoms with Crippen LogP contribution in [0.3, 0.4) is 0 Å². The molecule has 0 amide bonds. The summed E-state index contributed by atoms with van der Waals surface area (Å²) in [6.45, 7) is 2.41. The topological polar surface area (TPSA) is 87.4 Å². The molecule has 104 valence electrons. The van der Waals surface area contributed by atoms with Crippen molar-refractivity contribution >= 4 is 22.2 Å². The van der Waals surface area contributed by atoms with Gasteiger partial charge in [0, 0.05) is 13.0 Å². The average Bonchev–Trinajstić information content (AvgIpc) is 2.81. The number of hydrazine groups is 1. The van der Waals surface area contributed by atoms with Crippen molar-refractivity contribution in [3.8, 4) is 0 Å². The lowest BCUT2D eigenvalue weighted by molar-refractivity contribution is 0.447. The summed E-state index contributed by atoms with van der Waals surface area (Å²) in [7, 11) is 0. The lowest BCUT2D eigenvalue weighted by Gasteiger charge is -2.13. The predicted octanol–water partition coefficient (Wildman–Crippen LogP) is 1.42. The summed E-state index contributed by atoms with van der Waals surface area (Å²) < 4.78 is 25.4. The van der Waals surface area contributed by atoms with E-state index in [-0.39, 0.29) is 0 Å². The van der Waals surface area contributed by atoms with Crippen molar-refractivity contribution in [1.82, 2.24) is 15.8 Å². The van der Waals surface area contributed by atoms with Crippen LogP contribution in [0.25, 0.3) is 11.1 Å². The van der Waals surface area contributed by atoms with Crippen molar-refractivity contribution in [2.45, 2.75) is 25.1 Å². The zero-order chi connectivity index (χ0) is 13.7. The molecule has 0 spiro atoms. The molecule has 7 heteroatoms. The van der Waals surface area contributed by atoms with Gasteiger partial charge in [0.15, 0.2) is 22.6 Å². The van der Waals surface area contributed by atoms with Gasteiger partial charge in [-0.1, -0.05) is 19.1 Å². The molecule has 0 bridgehead atoms. The third kappa shape index (κ3) is 3.84. The second kappa shape index (κ2) is 6.76. The lowest BCUT2D eigenvalue weighted by Crippen LogP contribution is -2.43. The van der Waals surface area contributed by atoms with Crippen molar-refractivity contribution in [2.75, 3.05) is 6.54 Å². The van der Waals surface area contributed by atoms with Crippen molar-refractivity contribution < 1.29 is 13.2 Å². The largest absolute Gasteiger partial charge is 0.441 e. The normalized spacial score (nSPS) is 14.6. The van der Waals surface area contributed by atoms with Crippen LogP contribution in [0.4, 0.5) is 0 Å². The minimum atomic E-state index is -1.88. The number of hydrogen-bond acceptors (Lipinski definition) is 5. The molecule has 0 aliphatic carbocycles. The Bertz CT molecular complexity index is 525. The first-order valence-electron chi connectivity index (χ1n) is 6.13. The first-order valence-corrected chi connectivity index (χ1v) is 7.30. The monoisotopic (exact) mass is 283 g/mol. The summed E-state index contributed by atoms with van der Waals surface area (Å²) in [5.41, 5.74) is 7.32. The van der Waals surface area contributed by atoms with Gasteiger partial charge in [-0.25, -0.2) is 14.6 Å². The Kier molecular flexibility index (Phi) is 5.03. The number of nitrogens with one attached hydrogen (secondary N) is 2. The van der Waals surface area contributed by atoms with E-state index in [0.717, 1.165) is 11.1 Å². The molecule has 3 N–H and O–H groups in total. The smallest absolute Gasteiger partial charge is 0.196 e. The molecule has 19 heavy (non-hydrogen) atoms. The van der Waals surface area contributed by atoms with Gasteiger partial charge in [-0.15, -0.1) is 0 Å². The molecule has 0 saturated carbocycles. The van der Waals surface area contributed by atoms with Gasteiger partial charge in [0.1, 0.15) is 10.9 Å². The molecular weight excluding hydrogens is 266 g/mol. The highest BCUT2D eigenvalue weighted by Gasteiger charge is 2.11. The Labute approximate surface area is 113 Å². The fraction of sp³-hybridized carbons (Fsp3) is 0.417. The zero-order valence-corrected chi connectivity index (χ0v) is 11.4. The van der Waals surface area contributed by atoms with Gasteiger partial charge in [0.05, 0.1) is 0 Å².